The van der Waals surface area contributed by atoms with Crippen molar-refractivity contribution in [2.24, 2.45) is 0 Å². The van der Waals surface area contributed by atoms with Crippen LogP contribution in [0.25, 0.3) is 11.2 Å². The molecule has 9 nitrogen and oxygen atoms in total. The number of rotatable bonds is 8. The van der Waals surface area contributed by atoms with Gasteiger partial charge in [0.05, 0.1) is 11.2 Å². The zero-order valence-corrected chi connectivity index (χ0v) is 16.5. The van der Waals surface area contributed by atoms with Crippen LogP contribution in [0.2, 0.25) is 5.02 Å². The minimum absolute atomic E-state index is 0.0355. The van der Waals surface area contributed by atoms with Crippen molar-refractivity contribution in [3.63, 3.8) is 0 Å². The standard InChI is InChI=1S/C17H16ClFN6O3S/c18-10-4-1-3-9(12(10)19)8-29-16-24-14(20-5-2-6-21-17(27)28)13-15(25-16)23-11(26)7-22-13/h1,3-4,7,21H,2,5-6,8H2,(H,27,28)(H2,20,23,24,25,26). The summed E-state index contributed by atoms with van der Waals surface area (Å²) in [5.74, 6) is 0.127. The maximum atomic E-state index is 14.1. The Kier molecular flexibility index (Phi) is 6.83. The number of H-pyrrole nitrogens is 1. The van der Waals surface area contributed by atoms with Crippen molar-refractivity contribution >= 4 is 46.4 Å². The van der Waals surface area contributed by atoms with Gasteiger partial charge in [0.15, 0.2) is 16.6 Å². The normalized spacial score (nSPS) is 10.8. The molecule has 0 saturated heterocycles. The van der Waals surface area contributed by atoms with E-state index in [2.05, 4.69) is 30.6 Å². The van der Waals surface area contributed by atoms with Crippen LogP contribution in [0.5, 0.6) is 0 Å². The lowest BCUT2D eigenvalue weighted by Crippen LogP contribution is -2.23. The predicted octanol–water partition coefficient (Wildman–Crippen LogP) is 2.87. The maximum absolute atomic E-state index is 14.1. The Labute approximate surface area is 173 Å². The van der Waals surface area contributed by atoms with E-state index in [0.29, 0.717) is 35.0 Å². The average molecular weight is 439 g/mol. The molecule has 3 aromatic rings. The molecule has 0 saturated carbocycles. The fraction of sp³-hybridized carbons (Fsp3) is 0.235. The molecule has 0 aliphatic rings. The minimum atomic E-state index is -1.09. The Morgan fingerprint density at radius 3 is 2.93 bits per heavy atom. The Balaban J connectivity index is 1.79. The third-order valence-corrected chi connectivity index (χ3v) is 4.91. The lowest BCUT2D eigenvalue weighted by Gasteiger charge is -2.10. The van der Waals surface area contributed by atoms with E-state index in [0.717, 1.165) is 6.20 Å². The molecule has 12 heteroatoms. The van der Waals surface area contributed by atoms with E-state index in [1.807, 2.05) is 0 Å². The van der Waals surface area contributed by atoms with Crippen LogP contribution >= 0.6 is 23.4 Å². The fourth-order valence-corrected chi connectivity index (χ4v) is 3.41. The smallest absolute Gasteiger partial charge is 0.404 e. The SMILES string of the molecule is O=C(O)NCCCNc1nc(SCc2cccc(Cl)c2F)nc2[nH]c(=O)cnc12. The van der Waals surface area contributed by atoms with Gasteiger partial charge in [-0.05, 0) is 18.1 Å². The lowest BCUT2D eigenvalue weighted by molar-refractivity contribution is 0.194. The predicted molar refractivity (Wildman–Crippen MR) is 108 cm³/mol. The second-order valence-corrected chi connectivity index (χ2v) is 7.16. The second kappa shape index (κ2) is 9.52. The number of aromatic nitrogens is 4. The van der Waals surface area contributed by atoms with Crippen LogP contribution in [-0.2, 0) is 5.75 Å². The largest absolute Gasteiger partial charge is 0.465 e. The number of hydrogen-bond donors (Lipinski definition) is 4. The monoisotopic (exact) mass is 438 g/mol. The first-order valence-electron chi connectivity index (χ1n) is 8.47. The molecule has 2 aromatic heterocycles. The van der Waals surface area contributed by atoms with Gasteiger partial charge in [-0.1, -0.05) is 35.5 Å². The summed E-state index contributed by atoms with van der Waals surface area (Å²) in [6.07, 6.45) is 0.539. The first kappa shape index (κ1) is 20.8. The molecule has 1 amide bonds. The van der Waals surface area contributed by atoms with Gasteiger partial charge < -0.3 is 20.7 Å². The van der Waals surface area contributed by atoms with E-state index in [9.17, 15) is 14.0 Å². The molecule has 29 heavy (non-hydrogen) atoms. The van der Waals surface area contributed by atoms with Crippen LogP contribution in [-0.4, -0.2) is 44.2 Å². The summed E-state index contributed by atoms with van der Waals surface area (Å²) in [7, 11) is 0. The highest BCUT2D eigenvalue weighted by atomic mass is 35.5. The van der Waals surface area contributed by atoms with E-state index < -0.39 is 17.5 Å². The van der Waals surface area contributed by atoms with Gasteiger partial charge in [-0.3, -0.25) is 4.79 Å². The Morgan fingerprint density at radius 1 is 1.31 bits per heavy atom. The lowest BCUT2D eigenvalue weighted by atomic mass is 10.2. The fourth-order valence-electron chi connectivity index (χ4n) is 2.40. The van der Waals surface area contributed by atoms with Crippen molar-refractivity contribution in [3.8, 4) is 0 Å². The van der Waals surface area contributed by atoms with Crippen molar-refractivity contribution in [1.29, 1.82) is 0 Å². The number of nitrogens with zero attached hydrogens (tertiary/aromatic N) is 3. The summed E-state index contributed by atoms with van der Waals surface area (Å²) >= 11 is 6.98. The van der Waals surface area contributed by atoms with Crippen molar-refractivity contribution in [2.45, 2.75) is 17.3 Å². The molecule has 0 aliphatic carbocycles. The molecule has 0 aliphatic heterocycles. The van der Waals surface area contributed by atoms with Gasteiger partial charge >= 0.3 is 6.09 Å². The number of aromatic amines is 1. The van der Waals surface area contributed by atoms with Gasteiger partial charge in [0.2, 0.25) is 0 Å². The summed E-state index contributed by atoms with van der Waals surface area (Å²) in [5, 5.41) is 14.3. The summed E-state index contributed by atoms with van der Waals surface area (Å²) in [4.78, 5) is 37.4. The molecule has 0 unspecified atom stereocenters. The minimum Gasteiger partial charge on any atom is -0.465 e. The molecular formula is C17H16ClFN6O3S. The van der Waals surface area contributed by atoms with E-state index in [-0.39, 0.29) is 23.0 Å². The molecule has 1 aromatic carbocycles. The van der Waals surface area contributed by atoms with Gasteiger partial charge in [0, 0.05) is 18.8 Å². The molecule has 4 N–H and O–H groups in total. The van der Waals surface area contributed by atoms with Gasteiger partial charge in [0.1, 0.15) is 11.3 Å². The molecular weight excluding hydrogens is 423 g/mol. The number of hydrogen-bond acceptors (Lipinski definition) is 7. The van der Waals surface area contributed by atoms with E-state index in [1.54, 1.807) is 12.1 Å². The van der Waals surface area contributed by atoms with Gasteiger partial charge in [0.25, 0.3) is 5.56 Å². The Bertz CT molecular complexity index is 1100. The first-order valence-corrected chi connectivity index (χ1v) is 9.84. The number of thioether (sulfide) groups is 1. The van der Waals surface area contributed by atoms with Crippen LogP contribution in [0.3, 0.4) is 0 Å². The van der Waals surface area contributed by atoms with Gasteiger partial charge in [-0.25, -0.2) is 24.1 Å². The van der Waals surface area contributed by atoms with Crippen molar-refractivity contribution < 1.29 is 14.3 Å². The topological polar surface area (TPSA) is 133 Å². The summed E-state index contributed by atoms with van der Waals surface area (Å²) in [6.45, 7) is 0.686. The highest BCUT2D eigenvalue weighted by Gasteiger charge is 2.12. The molecule has 152 valence electrons. The summed E-state index contributed by atoms with van der Waals surface area (Å²) < 4.78 is 14.1. The number of amides is 1. The average Bonchev–Trinajstić information content (AvgIpc) is 2.68. The molecule has 0 bridgehead atoms. The molecule has 0 atom stereocenters. The van der Waals surface area contributed by atoms with Crippen LogP contribution in [0.15, 0.2) is 34.3 Å². The number of benzene rings is 1. The molecule has 0 spiro atoms. The van der Waals surface area contributed by atoms with E-state index in [1.165, 1.54) is 17.8 Å². The van der Waals surface area contributed by atoms with Gasteiger partial charge in [-0.2, -0.15) is 0 Å². The van der Waals surface area contributed by atoms with Crippen molar-refractivity contribution in [3.05, 3.63) is 51.2 Å². The third-order valence-electron chi connectivity index (χ3n) is 3.73. The highest BCUT2D eigenvalue weighted by Crippen LogP contribution is 2.27. The summed E-state index contributed by atoms with van der Waals surface area (Å²) in [5.41, 5.74) is 0.603. The zero-order chi connectivity index (χ0) is 20.8. The van der Waals surface area contributed by atoms with Crippen LogP contribution < -0.4 is 16.2 Å². The van der Waals surface area contributed by atoms with E-state index >= 15 is 0 Å². The first-order chi connectivity index (χ1) is 13.9. The quantitative estimate of drug-likeness (QED) is 0.240. The third kappa shape index (κ3) is 5.55. The van der Waals surface area contributed by atoms with Crippen LogP contribution in [0.4, 0.5) is 15.0 Å². The van der Waals surface area contributed by atoms with Crippen molar-refractivity contribution in [1.82, 2.24) is 25.3 Å². The number of carbonyl (C=O) groups is 1. The number of anilines is 1. The summed E-state index contributed by atoms with van der Waals surface area (Å²) in [6, 6.07) is 4.74. The molecule has 3 rings (SSSR count). The molecule has 2 heterocycles. The number of nitrogens with one attached hydrogen (secondary N) is 3. The number of fused-ring (bicyclic) bond motifs is 1. The number of carboxylic acid groups (broad SMARTS) is 1. The molecule has 0 fully saturated rings. The molecule has 0 radical (unpaired) electrons. The zero-order valence-electron chi connectivity index (χ0n) is 14.9. The van der Waals surface area contributed by atoms with E-state index in [4.69, 9.17) is 16.7 Å². The van der Waals surface area contributed by atoms with Gasteiger partial charge in [-0.15, -0.1) is 0 Å². The highest BCUT2D eigenvalue weighted by molar-refractivity contribution is 7.98. The second-order valence-electron chi connectivity index (χ2n) is 5.81. The number of halogens is 2. The Morgan fingerprint density at radius 2 is 2.14 bits per heavy atom. The van der Waals surface area contributed by atoms with Crippen LogP contribution in [0, 0.1) is 5.82 Å². The maximum Gasteiger partial charge on any atom is 0.404 e. The Hall–Kier alpha value is -2.92. The van der Waals surface area contributed by atoms with Crippen LogP contribution in [0.1, 0.15) is 12.0 Å². The van der Waals surface area contributed by atoms with Crippen molar-refractivity contribution in [2.75, 3.05) is 18.4 Å².